The van der Waals surface area contributed by atoms with Crippen LogP contribution in [0.2, 0.25) is 0 Å². The van der Waals surface area contributed by atoms with Crippen LogP contribution in [-0.4, -0.2) is 43.3 Å². The molecule has 1 fully saturated rings. The van der Waals surface area contributed by atoms with Crippen LogP contribution in [0.25, 0.3) is 0 Å². The van der Waals surface area contributed by atoms with Crippen molar-refractivity contribution in [3.05, 3.63) is 34.4 Å². The zero-order chi connectivity index (χ0) is 19.6. The summed E-state index contributed by atoms with van der Waals surface area (Å²) in [5.41, 5.74) is 5.43. The van der Waals surface area contributed by atoms with Crippen LogP contribution in [0.3, 0.4) is 0 Å². The molecule has 0 N–H and O–H groups in total. The lowest BCUT2D eigenvalue weighted by Gasteiger charge is -2.32. The number of carbonyl (C=O) groups is 1. The van der Waals surface area contributed by atoms with E-state index in [-0.39, 0.29) is 22.8 Å². The molecule has 4 nitrogen and oxygen atoms in total. The number of likely N-dealkylation sites (tertiary alicyclic amines) is 1. The second-order valence-electron chi connectivity index (χ2n) is 8.59. The quantitative estimate of drug-likeness (QED) is 0.772. The van der Waals surface area contributed by atoms with Gasteiger partial charge in [0.1, 0.15) is 0 Å². The van der Waals surface area contributed by atoms with Gasteiger partial charge in [-0.3, -0.25) is 4.79 Å². The van der Waals surface area contributed by atoms with Gasteiger partial charge in [-0.25, -0.2) is 8.42 Å². The minimum Gasteiger partial charge on any atom is -0.342 e. The average molecular weight is 392 g/mol. The summed E-state index contributed by atoms with van der Waals surface area (Å²) in [4.78, 5) is 14.8. The van der Waals surface area contributed by atoms with Gasteiger partial charge in [-0.1, -0.05) is 12.1 Å². The van der Waals surface area contributed by atoms with Crippen LogP contribution >= 0.6 is 0 Å². The van der Waals surface area contributed by atoms with Crippen molar-refractivity contribution in [3.8, 4) is 0 Å². The van der Waals surface area contributed by atoms with Crippen LogP contribution in [0.15, 0.2) is 12.1 Å². The molecule has 0 unspecified atom stereocenters. The Morgan fingerprint density at radius 1 is 1.11 bits per heavy atom. The van der Waals surface area contributed by atoms with Crippen LogP contribution in [-0.2, 0) is 33.9 Å². The minimum atomic E-state index is -3.00. The topological polar surface area (TPSA) is 54.5 Å². The maximum Gasteiger partial charge on any atom is 0.226 e. The molecule has 3 rings (SSSR count). The predicted molar refractivity (Wildman–Crippen MR) is 110 cm³/mol. The first-order valence-electron chi connectivity index (χ1n) is 10.4. The fourth-order valence-electron chi connectivity index (χ4n) is 4.43. The summed E-state index contributed by atoms with van der Waals surface area (Å²) in [7, 11) is -3.00. The number of aryl methyl sites for hydroxylation is 1. The van der Waals surface area contributed by atoms with Crippen molar-refractivity contribution in [2.75, 3.05) is 18.8 Å². The highest BCUT2D eigenvalue weighted by Gasteiger charge is 2.28. The smallest absolute Gasteiger partial charge is 0.226 e. The van der Waals surface area contributed by atoms with E-state index >= 15 is 0 Å². The first-order chi connectivity index (χ1) is 12.8. The van der Waals surface area contributed by atoms with Gasteiger partial charge in [-0.2, -0.15) is 0 Å². The number of benzene rings is 1. The summed E-state index contributed by atoms with van der Waals surface area (Å²) < 4.78 is 24.3. The fourth-order valence-corrected chi connectivity index (χ4v) is 5.81. The molecule has 150 valence electrons. The molecule has 27 heavy (non-hydrogen) atoms. The Bertz CT molecular complexity index is 790. The number of amides is 1. The normalized spacial score (nSPS) is 18.6. The van der Waals surface area contributed by atoms with Gasteiger partial charge in [0.25, 0.3) is 0 Å². The Kier molecular flexibility index (Phi) is 6.29. The van der Waals surface area contributed by atoms with E-state index in [1.807, 2.05) is 4.90 Å². The van der Waals surface area contributed by atoms with Crippen molar-refractivity contribution in [3.63, 3.8) is 0 Å². The van der Waals surface area contributed by atoms with Gasteiger partial charge in [0.2, 0.25) is 5.91 Å². The lowest BCUT2D eigenvalue weighted by molar-refractivity contribution is -0.131. The van der Waals surface area contributed by atoms with Gasteiger partial charge < -0.3 is 4.90 Å². The second kappa shape index (κ2) is 8.34. The third-order valence-corrected chi connectivity index (χ3v) is 8.73. The van der Waals surface area contributed by atoms with E-state index in [4.69, 9.17) is 0 Å². The number of hydrogen-bond acceptors (Lipinski definition) is 3. The van der Waals surface area contributed by atoms with Crippen LogP contribution in [0, 0.1) is 12.8 Å². The third kappa shape index (κ3) is 4.74. The molecule has 0 saturated carbocycles. The van der Waals surface area contributed by atoms with Crippen LogP contribution < -0.4 is 0 Å². The third-order valence-electron chi connectivity index (χ3n) is 6.36. The molecule has 1 aliphatic carbocycles. The molecule has 1 amide bonds. The zero-order valence-corrected chi connectivity index (χ0v) is 17.8. The molecule has 0 spiro atoms. The lowest BCUT2D eigenvalue weighted by atomic mass is 9.84. The zero-order valence-electron chi connectivity index (χ0n) is 17.0. The van der Waals surface area contributed by atoms with E-state index in [1.165, 1.54) is 35.1 Å². The van der Waals surface area contributed by atoms with Gasteiger partial charge in [-0.05, 0) is 87.5 Å². The second-order valence-corrected chi connectivity index (χ2v) is 11.2. The number of fused-ring (bicyclic) bond motifs is 1. The number of sulfone groups is 1. The van der Waals surface area contributed by atoms with Crippen molar-refractivity contribution in [2.24, 2.45) is 5.92 Å². The van der Waals surface area contributed by atoms with Crippen LogP contribution in [0.1, 0.15) is 61.8 Å². The molecule has 1 aromatic carbocycles. The molecule has 2 aliphatic rings. The largest absolute Gasteiger partial charge is 0.342 e. The first kappa shape index (κ1) is 20.4. The highest BCUT2D eigenvalue weighted by Crippen LogP contribution is 2.28. The van der Waals surface area contributed by atoms with Crippen molar-refractivity contribution in [2.45, 2.75) is 71.0 Å². The summed E-state index contributed by atoms with van der Waals surface area (Å²) in [6.45, 7) is 7.04. The Morgan fingerprint density at radius 3 is 2.37 bits per heavy atom. The predicted octanol–water partition coefficient (Wildman–Crippen LogP) is 3.48. The molecular formula is C22H33NO3S. The van der Waals surface area contributed by atoms with E-state index in [1.54, 1.807) is 13.8 Å². The maximum atomic E-state index is 12.8. The Morgan fingerprint density at radius 2 is 1.74 bits per heavy atom. The number of rotatable bonds is 5. The number of hydrogen-bond donors (Lipinski definition) is 0. The molecular weight excluding hydrogens is 358 g/mol. The molecule has 1 saturated heterocycles. The Labute approximate surface area is 164 Å². The number of carbonyl (C=O) groups excluding carboxylic acids is 1. The highest BCUT2D eigenvalue weighted by atomic mass is 32.2. The molecule has 1 heterocycles. The standard InChI is InChI=1S/C22H33NO3S/c1-16(2)27(25,26)15-18-10-12-23(13-11-18)22(24)14-19-9-8-17(3)20-6-4-5-7-21(19)20/h8-9,16,18H,4-7,10-15H2,1-3H3. The van der Waals surface area contributed by atoms with Gasteiger partial charge in [0.15, 0.2) is 9.84 Å². The molecule has 5 heteroatoms. The molecule has 0 aromatic heterocycles. The van der Waals surface area contributed by atoms with Gasteiger partial charge in [0, 0.05) is 13.1 Å². The fraction of sp³-hybridized carbons (Fsp3) is 0.682. The summed E-state index contributed by atoms with van der Waals surface area (Å²) in [6.07, 6.45) is 6.77. The Balaban J connectivity index is 1.59. The van der Waals surface area contributed by atoms with E-state index < -0.39 is 9.84 Å². The van der Waals surface area contributed by atoms with Crippen LogP contribution in [0.4, 0.5) is 0 Å². The molecule has 1 aromatic rings. The lowest BCUT2D eigenvalue weighted by Crippen LogP contribution is -2.41. The van der Waals surface area contributed by atoms with Crippen molar-refractivity contribution >= 4 is 15.7 Å². The monoisotopic (exact) mass is 391 g/mol. The van der Waals surface area contributed by atoms with Crippen molar-refractivity contribution < 1.29 is 13.2 Å². The maximum absolute atomic E-state index is 12.8. The molecule has 0 atom stereocenters. The van der Waals surface area contributed by atoms with E-state index in [0.717, 1.165) is 25.7 Å². The van der Waals surface area contributed by atoms with E-state index in [9.17, 15) is 13.2 Å². The molecule has 0 radical (unpaired) electrons. The first-order valence-corrected chi connectivity index (χ1v) is 12.1. The molecule has 0 bridgehead atoms. The van der Waals surface area contributed by atoms with Crippen molar-refractivity contribution in [1.29, 1.82) is 0 Å². The Hall–Kier alpha value is -1.36. The van der Waals surface area contributed by atoms with Gasteiger partial charge in [-0.15, -0.1) is 0 Å². The average Bonchev–Trinajstić information content (AvgIpc) is 2.64. The van der Waals surface area contributed by atoms with Gasteiger partial charge in [0.05, 0.1) is 17.4 Å². The number of nitrogens with zero attached hydrogens (tertiary/aromatic N) is 1. The van der Waals surface area contributed by atoms with Crippen LogP contribution in [0.5, 0.6) is 0 Å². The highest BCUT2D eigenvalue weighted by molar-refractivity contribution is 7.91. The number of piperidine rings is 1. The van der Waals surface area contributed by atoms with Crippen molar-refractivity contribution in [1.82, 2.24) is 4.90 Å². The van der Waals surface area contributed by atoms with Gasteiger partial charge >= 0.3 is 0 Å². The minimum absolute atomic E-state index is 0.189. The van der Waals surface area contributed by atoms with E-state index in [2.05, 4.69) is 19.1 Å². The SMILES string of the molecule is Cc1ccc(CC(=O)N2CCC(CS(=O)(=O)C(C)C)CC2)c2c1CCCC2. The summed E-state index contributed by atoms with van der Waals surface area (Å²) in [5, 5.41) is -0.315. The van der Waals surface area contributed by atoms with E-state index in [0.29, 0.717) is 19.5 Å². The molecule has 1 aliphatic heterocycles. The summed E-state index contributed by atoms with van der Waals surface area (Å²) >= 11 is 0. The summed E-state index contributed by atoms with van der Waals surface area (Å²) in [6, 6.07) is 4.30. The summed E-state index contributed by atoms with van der Waals surface area (Å²) in [5.74, 6) is 0.642.